The quantitative estimate of drug-likeness (QED) is 0.539. The second-order valence-corrected chi connectivity index (χ2v) is 9.44. The summed E-state index contributed by atoms with van der Waals surface area (Å²) in [5, 5.41) is 9.99. The first-order valence-electron chi connectivity index (χ1n) is 11.2. The van der Waals surface area contributed by atoms with Gasteiger partial charge in [-0.05, 0) is 49.5 Å². The Labute approximate surface area is 198 Å². The van der Waals surface area contributed by atoms with E-state index in [0.29, 0.717) is 33.7 Å². The number of carbonyl (C=O) groups is 2. The average Bonchev–Trinajstić information content (AvgIpc) is 3.13. The Morgan fingerprint density at radius 1 is 1.09 bits per heavy atom. The van der Waals surface area contributed by atoms with Gasteiger partial charge in [0.2, 0.25) is 5.91 Å². The molecule has 33 heavy (non-hydrogen) atoms. The second-order valence-electron chi connectivity index (χ2n) is 9.05. The Morgan fingerprint density at radius 2 is 1.76 bits per heavy atom. The summed E-state index contributed by atoms with van der Waals surface area (Å²) in [6.45, 7) is 7.80. The number of piperidine rings is 1. The van der Waals surface area contributed by atoms with Crippen molar-refractivity contribution in [3.8, 4) is 11.4 Å². The Balaban J connectivity index is 1.53. The predicted octanol–water partition coefficient (Wildman–Crippen LogP) is 4.67. The van der Waals surface area contributed by atoms with Crippen molar-refractivity contribution in [3.05, 3.63) is 64.4 Å². The van der Waals surface area contributed by atoms with Crippen LogP contribution in [0, 0.1) is 23.5 Å². The van der Waals surface area contributed by atoms with E-state index in [1.807, 2.05) is 48.2 Å². The minimum absolute atomic E-state index is 0.0150. The van der Waals surface area contributed by atoms with Gasteiger partial charge in [0.25, 0.3) is 5.91 Å². The molecule has 2 N–H and O–H groups in total. The summed E-state index contributed by atoms with van der Waals surface area (Å²) in [5.74, 6) is 1.19. The van der Waals surface area contributed by atoms with E-state index in [-0.39, 0.29) is 18.4 Å². The van der Waals surface area contributed by atoms with Crippen molar-refractivity contribution in [1.82, 2.24) is 19.7 Å². The molecule has 172 valence electrons. The van der Waals surface area contributed by atoms with Crippen molar-refractivity contribution in [2.24, 2.45) is 11.8 Å². The zero-order chi connectivity index (χ0) is 23.5. The van der Waals surface area contributed by atoms with Crippen LogP contribution in [0.4, 0.5) is 5.69 Å². The third kappa shape index (κ3) is 5.22. The second kappa shape index (κ2) is 9.70. The molecular formula is C25H29N5O2S. The highest BCUT2D eigenvalue weighted by atomic mass is 32.1. The van der Waals surface area contributed by atoms with E-state index < -0.39 is 0 Å². The molecule has 0 aliphatic carbocycles. The fraction of sp³-hybridized carbons (Fsp3) is 0.360. The number of likely N-dealkylation sites (tertiary alicyclic amines) is 1. The molecule has 0 bridgehead atoms. The molecule has 8 heteroatoms. The lowest BCUT2D eigenvalue weighted by molar-refractivity contribution is -0.116. The van der Waals surface area contributed by atoms with E-state index in [0.717, 1.165) is 30.6 Å². The highest BCUT2D eigenvalue weighted by Gasteiger charge is 2.27. The molecule has 2 aromatic carbocycles. The van der Waals surface area contributed by atoms with Gasteiger partial charge >= 0.3 is 0 Å². The molecule has 7 nitrogen and oxygen atoms in total. The van der Waals surface area contributed by atoms with E-state index in [1.165, 1.54) is 0 Å². The number of aryl methyl sites for hydroxylation is 1. The van der Waals surface area contributed by atoms with E-state index in [2.05, 4.69) is 29.4 Å². The molecule has 2 unspecified atom stereocenters. The number of anilines is 1. The van der Waals surface area contributed by atoms with E-state index in [1.54, 1.807) is 16.7 Å². The predicted molar refractivity (Wildman–Crippen MR) is 132 cm³/mol. The van der Waals surface area contributed by atoms with Crippen molar-refractivity contribution < 1.29 is 9.59 Å². The molecule has 0 radical (unpaired) electrons. The SMILES string of the molecule is Cc1ccc(-c2n[nH]c(=S)n2CC(=O)Nc2ccccc2C(=O)N2CC(C)CC(C)C2)cc1. The molecule has 0 saturated carbocycles. The number of H-pyrrole nitrogens is 1. The maximum Gasteiger partial charge on any atom is 0.255 e. The molecule has 1 saturated heterocycles. The summed E-state index contributed by atoms with van der Waals surface area (Å²) in [5.41, 5.74) is 3.01. The summed E-state index contributed by atoms with van der Waals surface area (Å²) in [6.07, 6.45) is 1.12. The standard InChI is InChI=1S/C25H29N5O2S/c1-16-8-10-19(11-9-16)23-27-28-25(33)30(23)15-22(31)26-21-7-5-4-6-20(21)24(32)29-13-17(2)12-18(3)14-29/h4-11,17-18H,12-15H2,1-3H3,(H,26,31)(H,28,33). The van der Waals surface area contributed by atoms with Crippen LogP contribution >= 0.6 is 12.2 Å². The Bertz CT molecular complexity index is 1200. The zero-order valence-corrected chi connectivity index (χ0v) is 20.0. The molecule has 2 amide bonds. The van der Waals surface area contributed by atoms with Crippen LogP contribution in [0.1, 0.15) is 36.2 Å². The van der Waals surface area contributed by atoms with Crippen molar-refractivity contribution in [1.29, 1.82) is 0 Å². The highest BCUT2D eigenvalue weighted by Crippen LogP contribution is 2.25. The lowest BCUT2D eigenvalue weighted by Gasteiger charge is -2.35. The van der Waals surface area contributed by atoms with Gasteiger partial charge in [-0.2, -0.15) is 5.10 Å². The van der Waals surface area contributed by atoms with Gasteiger partial charge in [0, 0.05) is 18.7 Å². The van der Waals surface area contributed by atoms with Crippen molar-refractivity contribution in [2.75, 3.05) is 18.4 Å². The Morgan fingerprint density at radius 3 is 2.45 bits per heavy atom. The molecule has 1 aromatic heterocycles. The van der Waals surface area contributed by atoms with Crippen LogP contribution < -0.4 is 5.32 Å². The number of para-hydroxylation sites is 1. The van der Waals surface area contributed by atoms with E-state index in [9.17, 15) is 9.59 Å². The maximum atomic E-state index is 13.3. The van der Waals surface area contributed by atoms with Gasteiger partial charge in [-0.25, -0.2) is 0 Å². The topological polar surface area (TPSA) is 83.0 Å². The Hall–Kier alpha value is -3.26. The third-order valence-electron chi connectivity index (χ3n) is 5.96. The van der Waals surface area contributed by atoms with Gasteiger partial charge in [-0.1, -0.05) is 55.8 Å². The molecule has 3 aromatic rings. The number of rotatable bonds is 5. The van der Waals surface area contributed by atoms with Crippen LogP contribution in [0.2, 0.25) is 0 Å². The number of amides is 2. The van der Waals surface area contributed by atoms with Crippen LogP contribution in [-0.2, 0) is 11.3 Å². The van der Waals surface area contributed by atoms with Gasteiger partial charge in [0.15, 0.2) is 10.6 Å². The summed E-state index contributed by atoms with van der Waals surface area (Å²) >= 11 is 5.36. The van der Waals surface area contributed by atoms with E-state index in [4.69, 9.17) is 12.2 Å². The summed E-state index contributed by atoms with van der Waals surface area (Å²) in [7, 11) is 0. The van der Waals surface area contributed by atoms with Crippen LogP contribution in [0.15, 0.2) is 48.5 Å². The van der Waals surface area contributed by atoms with Crippen molar-refractivity contribution >= 4 is 29.7 Å². The molecule has 1 aliphatic rings. The van der Waals surface area contributed by atoms with E-state index >= 15 is 0 Å². The fourth-order valence-electron chi connectivity index (χ4n) is 4.50. The Kier molecular flexibility index (Phi) is 6.74. The summed E-state index contributed by atoms with van der Waals surface area (Å²) in [6, 6.07) is 15.0. The normalized spacial score (nSPS) is 18.2. The van der Waals surface area contributed by atoms with Gasteiger partial charge in [0.05, 0.1) is 11.3 Å². The maximum absolute atomic E-state index is 13.3. The summed E-state index contributed by atoms with van der Waals surface area (Å²) < 4.78 is 2.02. The number of aromatic amines is 1. The number of aromatic nitrogens is 3. The largest absolute Gasteiger partial charge is 0.338 e. The highest BCUT2D eigenvalue weighted by molar-refractivity contribution is 7.71. The van der Waals surface area contributed by atoms with Crippen molar-refractivity contribution in [2.45, 2.75) is 33.7 Å². The molecule has 4 rings (SSSR count). The van der Waals surface area contributed by atoms with Gasteiger partial charge < -0.3 is 10.2 Å². The monoisotopic (exact) mass is 463 g/mol. The first kappa shape index (κ1) is 22.9. The van der Waals surface area contributed by atoms with Gasteiger partial charge in [-0.3, -0.25) is 19.3 Å². The lowest BCUT2D eigenvalue weighted by atomic mass is 9.91. The number of benzene rings is 2. The molecule has 1 fully saturated rings. The van der Waals surface area contributed by atoms with Crippen molar-refractivity contribution in [3.63, 3.8) is 0 Å². The molecule has 0 spiro atoms. The number of hydrogen-bond acceptors (Lipinski definition) is 4. The molecule has 1 aliphatic heterocycles. The van der Waals surface area contributed by atoms with Crippen LogP contribution in [0.5, 0.6) is 0 Å². The zero-order valence-electron chi connectivity index (χ0n) is 19.2. The molecule has 2 atom stereocenters. The van der Waals surface area contributed by atoms with Crippen LogP contribution in [0.3, 0.4) is 0 Å². The number of nitrogens with one attached hydrogen (secondary N) is 2. The lowest BCUT2D eigenvalue weighted by Crippen LogP contribution is -2.42. The van der Waals surface area contributed by atoms with Crippen LogP contribution in [-0.4, -0.2) is 44.6 Å². The smallest absolute Gasteiger partial charge is 0.255 e. The number of nitrogens with zero attached hydrogens (tertiary/aromatic N) is 3. The minimum atomic E-state index is -0.276. The third-order valence-corrected chi connectivity index (χ3v) is 6.27. The fourth-order valence-corrected chi connectivity index (χ4v) is 4.70. The van der Waals surface area contributed by atoms with Gasteiger partial charge in [0.1, 0.15) is 6.54 Å². The first-order chi connectivity index (χ1) is 15.8. The summed E-state index contributed by atoms with van der Waals surface area (Å²) in [4.78, 5) is 28.1. The average molecular weight is 464 g/mol. The van der Waals surface area contributed by atoms with Crippen LogP contribution in [0.25, 0.3) is 11.4 Å². The number of hydrogen-bond donors (Lipinski definition) is 2. The molecular weight excluding hydrogens is 434 g/mol. The first-order valence-corrected chi connectivity index (χ1v) is 11.6. The molecule has 2 heterocycles. The minimum Gasteiger partial charge on any atom is -0.338 e. The van der Waals surface area contributed by atoms with Gasteiger partial charge in [-0.15, -0.1) is 0 Å². The number of carbonyl (C=O) groups excluding carboxylic acids is 2.